The van der Waals surface area contributed by atoms with Crippen LogP contribution in [0.25, 0.3) is 6.08 Å². The van der Waals surface area contributed by atoms with Crippen molar-refractivity contribution in [3.05, 3.63) is 60.8 Å². The maximum absolute atomic E-state index is 13.2. The normalized spacial score (nSPS) is 15.2. The summed E-state index contributed by atoms with van der Waals surface area (Å²) in [4.78, 5) is 26.6. The molecule has 5 nitrogen and oxygen atoms in total. The van der Waals surface area contributed by atoms with Gasteiger partial charge in [-0.15, -0.1) is 0 Å². The lowest BCUT2D eigenvalue weighted by atomic mass is 10.1. The molecule has 0 bridgehead atoms. The smallest absolute Gasteiger partial charge is 0.293 e. The van der Waals surface area contributed by atoms with Crippen LogP contribution >= 0.6 is 46.0 Å². The van der Waals surface area contributed by atoms with Gasteiger partial charge in [-0.3, -0.25) is 14.5 Å². The van der Waals surface area contributed by atoms with Gasteiger partial charge in [-0.2, -0.15) is 0 Å². The van der Waals surface area contributed by atoms with E-state index in [0.29, 0.717) is 34.1 Å². The zero-order valence-electron chi connectivity index (χ0n) is 16.2. The molecule has 30 heavy (non-hydrogen) atoms. The maximum Gasteiger partial charge on any atom is 0.293 e. The van der Waals surface area contributed by atoms with E-state index < -0.39 is 17.0 Å². The van der Waals surface area contributed by atoms with Crippen molar-refractivity contribution in [3.63, 3.8) is 0 Å². The Morgan fingerprint density at radius 3 is 2.70 bits per heavy atom. The first-order valence-electron chi connectivity index (χ1n) is 9.03. The summed E-state index contributed by atoms with van der Waals surface area (Å²) in [6.45, 7) is 2.56. The summed E-state index contributed by atoms with van der Waals surface area (Å²) < 4.78 is 25.3. The lowest BCUT2D eigenvalue weighted by Gasteiger charge is -2.14. The van der Waals surface area contributed by atoms with E-state index in [4.69, 9.17) is 21.1 Å². The Morgan fingerprint density at radius 1 is 1.27 bits per heavy atom. The fourth-order valence-electron chi connectivity index (χ4n) is 2.78. The first kappa shape index (κ1) is 22.9. The van der Waals surface area contributed by atoms with Crippen LogP contribution < -0.4 is 9.47 Å². The highest BCUT2D eigenvalue weighted by Gasteiger charge is 2.35. The van der Waals surface area contributed by atoms with Crippen LogP contribution in [0.4, 0.5) is 9.18 Å². The highest BCUT2D eigenvalue weighted by Crippen LogP contribution is 2.38. The summed E-state index contributed by atoms with van der Waals surface area (Å²) in [6, 6.07) is 7.48. The van der Waals surface area contributed by atoms with Crippen molar-refractivity contribution in [2.75, 3.05) is 13.7 Å². The number of nitrogens with zero attached hydrogens (tertiary/aromatic N) is 1. The van der Waals surface area contributed by atoms with Crippen LogP contribution in [0.15, 0.2) is 35.2 Å². The van der Waals surface area contributed by atoms with Gasteiger partial charge in [0.25, 0.3) is 11.1 Å². The van der Waals surface area contributed by atoms with E-state index in [1.165, 1.54) is 12.1 Å². The van der Waals surface area contributed by atoms with Crippen LogP contribution in [0, 0.1) is 9.39 Å². The first-order valence-corrected chi connectivity index (χ1v) is 11.3. The predicted molar refractivity (Wildman–Crippen MR) is 124 cm³/mol. The quantitative estimate of drug-likeness (QED) is 0.301. The Morgan fingerprint density at radius 2 is 2.03 bits per heavy atom. The second-order valence-corrected chi connectivity index (χ2v) is 8.95. The van der Waals surface area contributed by atoms with Crippen LogP contribution in [-0.4, -0.2) is 29.8 Å². The number of imide groups is 1. The zero-order valence-corrected chi connectivity index (χ0v) is 19.9. The SMILES string of the molecule is CCCOc1c(I)cc(/C=C2\SC(=O)N(Cc3ccc(F)cc3Cl)C2=O)cc1OC. The summed E-state index contributed by atoms with van der Waals surface area (Å²) in [6.07, 6.45) is 2.51. The van der Waals surface area contributed by atoms with E-state index in [1.54, 1.807) is 19.3 Å². The van der Waals surface area contributed by atoms with E-state index in [2.05, 4.69) is 22.6 Å². The van der Waals surface area contributed by atoms with Crippen molar-refractivity contribution < 1.29 is 23.5 Å². The van der Waals surface area contributed by atoms with E-state index in [9.17, 15) is 14.0 Å². The summed E-state index contributed by atoms with van der Waals surface area (Å²) in [5.74, 6) is 0.299. The number of benzene rings is 2. The molecule has 158 valence electrons. The van der Waals surface area contributed by atoms with Crippen LogP contribution in [0.2, 0.25) is 5.02 Å². The van der Waals surface area contributed by atoms with E-state index in [-0.39, 0.29) is 11.6 Å². The molecule has 1 aliphatic heterocycles. The average molecular weight is 562 g/mol. The average Bonchev–Trinajstić information content (AvgIpc) is 2.96. The zero-order chi connectivity index (χ0) is 21.8. The molecule has 2 aromatic rings. The number of carbonyl (C=O) groups is 2. The summed E-state index contributed by atoms with van der Waals surface area (Å²) >= 11 is 9.03. The third-order valence-electron chi connectivity index (χ3n) is 4.22. The molecule has 1 heterocycles. The van der Waals surface area contributed by atoms with Gasteiger partial charge in [0.1, 0.15) is 5.82 Å². The van der Waals surface area contributed by atoms with Gasteiger partial charge >= 0.3 is 0 Å². The molecule has 0 aliphatic carbocycles. The molecule has 1 fully saturated rings. The molecule has 0 atom stereocenters. The lowest BCUT2D eigenvalue weighted by Crippen LogP contribution is -2.27. The monoisotopic (exact) mass is 561 g/mol. The number of halogens is 3. The predicted octanol–water partition coefficient (Wildman–Crippen LogP) is 6.12. The molecule has 1 aliphatic rings. The van der Waals surface area contributed by atoms with Gasteiger partial charge in [0.2, 0.25) is 0 Å². The standard InChI is InChI=1S/C21H18ClFINO4S/c1-3-6-29-19-16(24)7-12(8-17(19)28-2)9-18-20(26)25(21(27)30-18)11-13-4-5-14(23)10-15(13)22/h4-5,7-10H,3,6,11H2,1-2H3/b18-9-. The van der Waals surface area contributed by atoms with Crippen molar-refractivity contribution in [3.8, 4) is 11.5 Å². The Kier molecular flexibility index (Phi) is 7.65. The Bertz CT molecular complexity index is 1030. The largest absolute Gasteiger partial charge is 0.493 e. The molecule has 0 saturated carbocycles. The Hall–Kier alpha value is -1.78. The van der Waals surface area contributed by atoms with Gasteiger partial charge in [-0.1, -0.05) is 24.6 Å². The molecule has 3 rings (SSSR count). The van der Waals surface area contributed by atoms with Gasteiger partial charge in [0, 0.05) is 5.02 Å². The van der Waals surface area contributed by atoms with Crippen molar-refractivity contribution in [1.29, 1.82) is 0 Å². The molecule has 0 unspecified atom stereocenters. The molecule has 0 N–H and O–H groups in total. The number of thioether (sulfide) groups is 1. The fraction of sp³-hybridized carbons (Fsp3) is 0.238. The molecular formula is C21H18ClFINO4S. The molecule has 0 spiro atoms. The molecular weight excluding hydrogens is 544 g/mol. The van der Waals surface area contributed by atoms with Crippen LogP contribution in [0.1, 0.15) is 24.5 Å². The minimum absolute atomic E-state index is 0.0221. The van der Waals surface area contributed by atoms with Crippen molar-refractivity contribution in [2.24, 2.45) is 0 Å². The molecule has 2 amide bonds. The Labute approximate surface area is 196 Å². The number of rotatable bonds is 7. The second kappa shape index (κ2) is 10.0. The van der Waals surface area contributed by atoms with E-state index >= 15 is 0 Å². The highest BCUT2D eigenvalue weighted by atomic mass is 127. The first-order chi connectivity index (χ1) is 14.3. The van der Waals surface area contributed by atoms with Crippen LogP contribution in [0.5, 0.6) is 11.5 Å². The van der Waals surface area contributed by atoms with Crippen molar-refractivity contribution in [2.45, 2.75) is 19.9 Å². The minimum atomic E-state index is -0.479. The summed E-state index contributed by atoms with van der Waals surface area (Å²) in [5.41, 5.74) is 1.21. The summed E-state index contributed by atoms with van der Waals surface area (Å²) in [7, 11) is 1.55. The number of hydrogen-bond acceptors (Lipinski definition) is 5. The molecule has 9 heteroatoms. The van der Waals surface area contributed by atoms with Crippen LogP contribution in [-0.2, 0) is 11.3 Å². The third kappa shape index (κ3) is 5.09. The lowest BCUT2D eigenvalue weighted by molar-refractivity contribution is -0.123. The maximum atomic E-state index is 13.2. The molecule has 1 saturated heterocycles. The van der Waals surface area contributed by atoms with Gasteiger partial charge < -0.3 is 9.47 Å². The van der Waals surface area contributed by atoms with Gasteiger partial charge in [-0.05, 0) is 82.2 Å². The number of carbonyl (C=O) groups excluding carboxylic acids is 2. The molecule has 0 radical (unpaired) electrons. The van der Waals surface area contributed by atoms with Gasteiger partial charge in [-0.25, -0.2) is 4.39 Å². The number of hydrogen-bond donors (Lipinski definition) is 0. The fourth-order valence-corrected chi connectivity index (χ4v) is 4.62. The number of ether oxygens (including phenoxy) is 2. The van der Waals surface area contributed by atoms with Gasteiger partial charge in [0.15, 0.2) is 11.5 Å². The molecule has 0 aromatic heterocycles. The number of methoxy groups -OCH3 is 1. The van der Waals surface area contributed by atoms with Crippen molar-refractivity contribution >= 4 is 63.2 Å². The number of amides is 2. The summed E-state index contributed by atoms with van der Waals surface area (Å²) in [5, 5.41) is -0.240. The third-order valence-corrected chi connectivity index (χ3v) is 6.28. The highest BCUT2D eigenvalue weighted by molar-refractivity contribution is 14.1. The van der Waals surface area contributed by atoms with Crippen molar-refractivity contribution in [1.82, 2.24) is 4.90 Å². The van der Waals surface area contributed by atoms with E-state index in [0.717, 1.165) is 32.7 Å². The van der Waals surface area contributed by atoms with E-state index in [1.807, 2.05) is 13.0 Å². The second-order valence-electron chi connectivity index (χ2n) is 6.39. The molecule has 2 aromatic carbocycles. The Balaban J connectivity index is 1.85. The minimum Gasteiger partial charge on any atom is -0.493 e. The van der Waals surface area contributed by atoms with Crippen LogP contribution in [0.3, 0.4) is 0 Å². The topological polar surface area (TPSA) is 55.8 Å². The van der Waals surface area contributed by atoms with Gasteiger partial charge in [0.05, 0.1) is 28.7 Å².